The molecule has 0 aliphatic rings. The van der Waals surface area contributed by atoms with Crippen LogP contribution in [0.3, 0.4) is 0 Å². The quantitative estimate of drug-likeness (QED) is 0.498. The molecule has 0 radical (unpaired) electrons. The van der Waals surface area contributed by atoms with Crippen LogP contribution < -0.4 is 5.32 Å². The molecule has 0 amide bonds. The van der Waals surface area contributed by atoms with Crippen LogP contribution >= 0.6 is 0 Å². The number of nitrogens with one attached hydrogen (secondary N) is 1. The molecule has 0 aliphatic heterocycles. The zero-order valence-electron chi connectivity index (χ0n) is 10.9. The normalized spacial score (nSPS) is 12.7. The molecule has 1 aromatic rings. The lowest BCUT2D eigenvalue weighted by atomic mass is 10.1. The zero-order chi connectivity index (χ0) is 14.8. The second-order valence-electron chi connectivity index (χ2n) is 4.08. The van der Waals surface area contributed by atoms with Gasteiger partial charge in [-0.05, 0) is 24.3 Å². The van der Waals surface area contributed by atoms with Crippen LogP contribution in [0.1, 0.15) is 16.8 Å². The summed E-state index contributed by atoms with van der Waals surface area (Å²) in [5.41, 5.74) is 1.30. The van der Waals surface area contributed by atoms with Gasteiger partial charge in [0.15, 0.2) is 0 Å². The maximum Gasteiger partial charge on any atom is 0.305 e. The van der Waals surface area contributed by atoms with Crippen LogP contribution in [0.2, 0.25) is 0 Å². The van der Waals surface area contributed by atoms with Crippen molar-refractivity contribution in [3.63, 3.8) is 0 Å². The van der Waals surface area contributed by atoms with Crippen molar-refractivity contribution in [2.24, 2.45) is 0 Å². The van der Waals surface area contributed by atoms with Crippen molar-refractivity contribution in [1.29, 1.82) is 0 Å². The summed E-state index contributed by atoms with van der Waals surface area (Å²) in [4.78, 5) is 21.4. The largest absolute Gasteiger partial charge is 0.481 e. The summed E-state index contributed by atoms with van der Waals surface area (Å²) in [5.74, 6) is -0.914. The molecule has 1 aromatic carbocycles. The lowest BCUT2D eigenvalue weighted by Crippen LogP contribution is -2.20. The first kappa shape index (κ1) is 15.7. The average Bonchev–Trinajstić information content (AvgIpc) is 2.43. The predicted octanol–water partition coefficient (Wildman–Crippen LogP) is 1.86. The molecule has 0 aliphatic carbocycles. The van der Waals surface area contributed by atoms with Crippen molar-refractivity contribution >= 4 is 17.9 Å². The van der Waals surface area contributed by atoms with Gasteiger partial charge >= 0.3 is 5.97 Å². The minimum absolute atomic E-state index is 0.0610. The van der Waals surface area contributed by atoms with Crippen LogP contribution in [0.4, 0.5) is 5.69 Å². The SMILES string of the molecule is O=Cc1ccc(N[C@@H](/C=C/C=C/CO)CC(=O)O)cc1. The van der Waals surface area contributed by atoms with Crippen LogP contribution in [0, 0.1) is 0 Å². The monoisotopic (exact) mass is 275 g/mol. The van der Waals surface area contributed by atoms with Crippen molar-refractivity contribution in [3.05, 3.63) is 54.1 Å². The Labute approximate surface area is 117 Å². The van der Waals surface area contributed by atoms with E-state index in [9.17, 15) is 9.59 Å². The fourth-order valence-corrected chi connectivity index (χ4v) is 1.56. The highest BCUT2D eigenvalue weighted by Crippen LogP contribution is 2.12. The Bertz CT molecular complexity index is 491. The summed E-state index contributed by atoms with van der Waals surface area (Å²) in [6.07, 6.45) is 7.25. The van der Waals surface area contributed by atoms with Crippen molar-refractivity contribution in [3.8, 4) is 0 Å². The lowest BCUT2D eigenvalue weighted by molar-refractivity contribution is -0.137. The zero-order valence-corrected chi connectivity index (χ0v) is 10.9. The number of carboxylic acids is 1. The molecule has 0 saturated heterocycles. The maximum atomic E-state index is 10.8. The minimum Gasteiger partial charge on any atom is -0.481 e. The number of anilines is 1. The van der Waals surface area contributed by atoms with Crippen LogP contribution in [-0.2, 0) is 4.79 Å². The van der Waals surface area contributed by atoms with E-state index >= 15 is 0 Å². The summed E-state index contributed by atoms with van der Waals surface area (Å²) in [7, 11) is 0. The van der Waals surface area contributed by atoms with Gasteiger partial charge in [-0.25, -0.2) is 0 Å². The molecule has 0 bridgehead atoms. The smallest absolute Gasteiger partial charge is 0.305 e. The molecule has 1 rings (SSSR count). The number of carbonyl (C=O) groups is 2. The number of carbonyl (C=O) groups excluding carboxylic acids is 1. The van der Waals surface area contributed by atoms with Gasteiger partial charge in [-0.15, -0.1) is 0 Å². The predicted molar refractivity (Wildman–Crippen MR) is 76.9 cm³/mol. The van der Waals surface area contributed by atoms with Crippen LogP contribution in [-0.4, -0.2) is 35.1 Å². The van der Waals surface area contributed by atoms with Gasteiger partial charge in [0.2, 0.25) is 0 Å². The highest BCUT2D eigenvalue weighted by Gasteiger charge is 2.09. The number of benzene rings is 1. The van der Waals surface area contributed by atoms with E-state index in [-0.39, 0.29) is 19.1 Å². The minimum atomic E-state index is -0.914. The molecule has 1 atom stereocenters. The number of aliphatic hydroxyl groups excluding tert-OH is 1. The van der Waals surface area contributed by atoms with Gasteiger partial charge < -0.3 is 15.5 Å². The molecule has 106 valence electrons. The summed E-state index contributed by atoms with van der Waals surface area (Å²) >= 11 is 0. The Morgan fingerprint density at radius 3 is 2.50 bits per heavy atom. The first-order valence-electron chi connectivity index (χ1n) is 6.13. The summed E-state index contributed by atoms with van der Waals surface area (Å²) in [6.45, 7) is -0.0610. The molecular formula is C15H17NO4. The van der Waals surface area contributed by atoms with Crippen LogP contribution in [0.5, 0.6) is 0 Å². The summed E-state index contributed by atoms with van der Waals surface area (Å²) in [6, 6.07) is 6.37. The number of hydrogen-bond acceptors (Lipinski definition) is 4. The van der Waals surface area contributed by atoms with Gasteiger partial charge in [0.05, 0.1) is 19.1 Å². The van der Waals surface area contributed by atoms with E-state index < -0.39 is 5.97 Å². The second-order valence-corrected chi connectivity index (χ2v) is 4.08. The Hall–Kier alpha value is -2.40. The van der Waals surface area contributed by atoms with E-state index in [0.717, 1.165) is 12.0 Å². The number of aliphatic carboxylic acids is 1. The van der Waals surface area contributed by atoms with E-state index in [4.69, 9.17) is 10.2 Å². The third-order valence-corrected chi connectivity index (χ3v) is 2.49. The first-order valence-corrected chi connectivity index (χ1v) is 6.13. The number of hydrogen-bond donors (Lipinski definition) is 3. The Morgan fingerprint density at radius 2 is 1.95 bits per heavy atom. The highest BCUT2D eigenvalue weighted by atomic mass is 16.4. The fourth-order valence-electron chi connectivity index (χ4n) is 1.56. The van der Waals surface area contributed by atoms with E-state index in [0.29, 0.717) is 5.56 Å². The summed E-state index contributed by atoms with van der Waals surface area (Å²) < 4.78 is 0. The molecule has 0 aromatic heterocycles. The molecule has 0 saturated carbocycles. The second kappa shape index (κ2) is 8.66. The van der Waals surface area contributed by atoms with Gasteiger partial charge in [0.25, 0.3) is 0 Å². The maximum absolute atomic E-state index is 10.8. The molecular weight excluding hydrogens is 258 g/mol. The molecule has 3 N–H and O–H groups in total. The molecule has 0 heterocycles. The molecule has 0 unspecified atom stereocenters. The number of carboxylic acid groups (broad SMARTS) is 1. The van der Waals surface area contributed by atoms with E-state index in [1.165, 1.54) is 0 Å². The lowest BCUT2D eigenvalue weighted by Gasteiger charge is -2.14. The Balaban J connectivity index is 2.71. The molecule has 5 heteroatoms. The van der Waals surface area contributed by atoms with Crippen molar-refractivity contribution in [2.75, 3.05) is 11.9 Å². The van der Waals surface area contributed by atoms with Crippen molar-refractivity contribution < 1.29 is 19.8 Å². The first-order chi connectivity index (χ1) is 9.65. The standard InChI is InChI=1S/C15H17NO4/c17-9-3-1-2-4-14(10-15(19)20)16-13-7-5-12(11-18)6-8-13/h1-8,11,14,16-17H,9-10H2,(H,19,20)/b3-1+,4-2+/t14-/m0/s1. The topological polar surface area (TPSA) is 86.6 Å². The fraction of sp³-hybridized carbons (Fsp3) is 0.200. The van der Waals surface area contributed by atoms with Crippen molar-refractivity contribution in [2.45, 2.75) is 12.5 Å². The number of aldehydes is 1. The van der Waals surface area contributed by atoms with Crippen molar-refractivity contribution in [1.82, 2.24) is 0 Å². The van der Waals surface area contributed by atoms with E-state index in [2.05, 4.69) is 5.32 Å². The van der Waals surface area contributed by atoms with E-state index in [1.807, 2.05) is 0 Å². The average molecular weight is 275 g/mol. The molecule has 0 fully saturated rings. The number of rotatable bonds is 8. The molecule has 5 nitrogen and oxygen atoms in total. The Morgan fingerprint density at radius 1 is 1.25 bits per heavy atom. The molecule has 0 spiro atoms. The van der Waals surface area contributed by atoms with Gasteiger partial charge in [-0.1, -0.05) is 24.3 Å². The number of aliphatic hydroxyl groups is 1. The van der Waals surface area contributed by atoms with Gasteiger partial charge in [-0.2, -0.15) is 0 Å². The van der Waals surface area contributed by atoms with Crippen LogP contribution in [0.25, 0.3) is 0 Å². The molecule has 20 heavy (non-hydrogen) atoms. The third-order valence-electron chi connectivity index (χ3n) is 2.49. The van der Waals surface area contributed by atoms with Gasteiger partial charge in [-0.3, -0.25) is 9.59 Å². The Kier molecular flexibility index (Phi) is 6.78. The summed E-state index contributed by atoms with van der Waals surface area (Å²) in [5, 5.41) is 20.5. The highest BCUT2D eigenvalue weighted by molar-refractivity contribution is 5.75. The number of allylic oxidation sites excluding steroid dienone is 2. The third kappa shape index (κ3) is 5.97. The van der Waals surface area contributed by atoms with Crippen LogP contribution in [0.15, 0.2) is 48.6 Å². The van der Waals surface area contributed by atoms with Gasteiger partial charge in [0.1, 0.15) is 6.29 Å². The van der Waals surface area contributed by atoms with E-state index in [1.54, 1.807) is 48.6 Å². The van der Waals surface area contributed by atoms with Gasteiger partial charge in [0, 0.05) is 11.3 Å².